The molecule has 2 aromatic rings. The van der Waals surface area contributed by atoms with Crippen LogP contribution in [0.3, 0.4) is 0 Å². The summed E-state index contributed by atoms with van der Waals surface area (Å²) < 4.78 is 24.3. The lowest BCUT2D eigenvalue weighted by molar-refractivity contribution is -0.0925. The third-order valence-corrected chi connectivity index (χ3v) is 3.98. The molecule has 1 unspecified atom stereocenters. The van der Waals surface area contributed by atoms with Gasteiger partial charge in [-0.05, 0) is 35.4 Å². The maximum Gasteiger partial charge on any atom is 0.321 e. The first-order valence-electron chi connectivity index (χ1n) is 8.19. The Kier molecular flexibility index (Phi) is 5.63. The molecule has 0 radical (unpaired) electrons. The molecule has 0 bridgehead atoms. The summed E-state index contributed by atoms with van der Waals surface area (Å²) in [6.45, 7) is 2.09. The van der Waals surface area contributed by atoms with Crippen LogP contribution >= 0.6 is 0 Å². The molecule has 2 amide bonds. The number of carbonyl (C=O) groups excluding carboxylic acids is 1. The number of ether oxygens (including phenoxy) is 2. The number of hydrogen-bond acceptors (Lipinski definition) is 3. The predicted octanol–water partition coefficient (Wildman–Crippen LogP) is 3.37. The van der Waals surface area contributed by atoms with Gasteiger partial charge < -0.3 is 19.7 Å². The Bertz CT molecular complexity index is 732. The van der Waals surface area contributed by atoms with Crippen molar-refractivity contribution in [2.75, 3.05) is 38.7 Å². The van der Waals surface area contributed by atoms with Gasteiger partial charge in [0.2, 0.25) is 0 Å². The SMILES string of the molecule is CN(CC1COCCO1)C(=O)Nc1cccc(-c2cccc(F)c2)c1. The van der Waals surface area contributed by atoms with Crippen molar-refractivity contribution in [3.63, 3.8) is 0 Å². The number of halogens is 1. The molecule has 1 heterocycles. The Labute approximate surface area is 146 Å². The van der Waals surface area contributed by atoms with Crippen LogP contribution in [0.2, 0.25) is 0 Å². The van der Waals surface area contributed by atoms with E-state index in [2.05, 4.69) is 5.32 Å². The van der Waals surface area contributed by atoms with Crippen LogP contribution in [-0.4, -0.2) is 50.4 Å². The summed E-state index contributed by atoms with van der Waals surface area (Å²) in [4.78, 5) is 13.9. The van der Waals surface area contributed by atoms with Gasteiger partial charge in [-0.25, -0.2) is 9.18 Å². The molecule has 0 aromatic heterocycles. The van der Waals surface area contributed by atoms with E-state index in [0.717, 1.165) is 11.1 Å². The third kappa shape index (κ3) is 4.78. The van der Waals surface area contributed by atoms with E-state index >= 15 is 0 Å². The Morgan fingerprint density at radius 1 is 1.20 bits per heavy atom. The van der Waals surface area contributed by atoms with Gasteiger partial charge in [0.05, 0.1) is 32.5 Å². The van der Waals surface area contributed by atoms with Crippen LogP contribution in [0, 0.1) is 5.82 Å². The molecule has 1 fully saturated rings. The molecule has 3 rings (SSSR count). The van der Waals surface area contributed by atoms with E-state index in [1.165, 1.54) is 12.1 Å². The lowest BCUT2D eigenvalue weighted by atomic mass is 10.1. The fraction of sp³-hybridized carbons (Fsp3) is 0.316. The quantitative estimate of drug-likeness (QED) is 0.925. The molecule has 1 N–H and O–H groups in total. The van der Waals surface area contributed by atoms with Crippen LogP contribution < -0.4 is 5.32 Å². The number of amides is 2. The van der Waals surface area contributed by atoms with Gasteiger partial charge in [0.1, 0.15) is 5.82 Å². The Morgan fingerprint density at radius 3 is 2.68 bits per heavy atom. The van der Waals surface area contributed by atoms with Gasteiger partial charge >= 0.3 is 6.03 Å². The summed E-state index contributed by atoms with van der Waals surface area (Å²) in [6.07, 6.45) is -0.108. The van der Waals surface area contributed by atoms with E-state index in [1.54, 1.807) is 24.1 Å². The van der Waals surface area contributed by atoms with Crippen LogP contribution in [0.4, 0.5) is 14.9 Å². The molecule has 1 aliphatic rings. The van der Waals surface area contributed by atoms with Crippen LogP contribution in [0.15, 0.2) is 48.5 Å². The van der Waals surface area contributed by atoms with Crippen molar-refractivity contribution in [3.8, 4) is 11.1 Å². The van der Waals surface area contributed by atoms with Crippen LogP contribution in [-0.2, 0) is 9.47 Å². The summed E-state index contributed by atoms with van der Waals surface area (Å²) in [5, 5.41) is 2.85. The number of urea groups is 1. The minimum Gasteiger partial charge on any atom is -0.376 e. The average Bonchev–Trinajstić information content (AvgIpc) is 2.63. The smallest absolute Gasteiger partial charge is 0.321 e. The van der Waals surface area contributed by atoms with Gasteiger partial charge in [-0.3, -0.25) is 0 Å². The molecule has 25 heavy (non-hydrogen) atoms. The number of rotatable bonds is 4. The van der Waals surface area contributed by atoms with Crippen molar-refractivity contribution in [2.24, 2.45) is 0 Å². The number of nitrogens with one attached hydrogen (secondary N) is 1. The van der Waals surface area contributed by atoms with Crippen molar-refractivity contribution >= 4 is 11.7 Å². The van der Waals surface area contributed by atoms with Gasteiger partial charge in [-0.1, -0.05) is 24.3 Å². The van der Waals surface area contributed by atoms with Crippen molar-refractivity contribution in [3.05, 3.63) is 54.3 Å². The highest BCUT2D eigenvalue weighted by atomic mass is 19.1. The van der Waals surface area contributed by atoms with Crippen molar-refractivity contribution in [1.29, 1.82) is 0 Å². The number of benzene rings is 2. The fourth-order valence-corrected chi connectivity index (χ4v) is 2.69. The molecule has 5 nitrogen and oxygen atoms in total. The molecule has 1 atom stereocenters. The van der Waals surface area contributed by atoms with E-state index in [0.29, 0.717) is 32.1 Å². The zero-order valence-electron chi connectivity index (χ0n) is 14.1. The topological polar surface area (TPSA) is 50.8 Å². The van der Waals surface area contributed by atoms with Crippen molar-refractivity contribution in [2.45, 2.75) is 6.10 Å². The molecule has 0 aliphatic carbocycles. The molecular formula is C19H21FN2O3. The zero-order chi connectivity index (χ0) is 17.6. The molecule has 6 heteroatoms. The highest BCUT2D eigenvalue weighted by Gasteiger charge is 2.19. The largest absolute Gasteiger partial charge is 0.376 e. The predicted molar refractivity (Wildman–Crippen MR) is 94.0 cm³/mol. The fourth-order valence-electron chi connectivity index (χ4n) is 2.69. The highest BCUT2D eigenvalue weighted by molar-refractivity contribution is 5.90. The summed E-state index contributed by atoms with van der Waals surface area (Å²) in [7, 11) is 1.71. The van der Waals surface area contributed by atoms with E-state index in [9.17, 15) is 9.18 Å². The Balaban J connectivity index is 1.64. The lowest BCUT2D eigenvalue weighted by Crippen LogP contribution is -2.42. The molecular weight excluding hydrogens is 323 g/mol. The summed E-state index contributed by atoms with van der Waals surface area (Å²) >= 11 is 0. The maximum absolute atomic E-state index is 13.4. The summed E-state index contributed by atoms with van der Waals surface area (Å²) in [6, 6.07) is 13.5. The first-order valence-corrected chi connectivity index (χ1v) is 8.19. The van der Waals surface area contributed by atoms with E-state index in [1.807, 2.05) is 24.3 Å². The number of anilines is 1. The Hall–Kier alpha value is -2.44. The monoisotopic (exact) mass is 344 g/mol. The molecule has 1 saturated heterocycles. The molecule has 1 aliphatic heterocycles. The van der Waals surface area contributed by atoms with Crippen molar-refractivity contribution in [1.82, 2.24) is 4.90 Å². The summed E-state index contributed by atoms with van der Waals surface area (Å²) in [5.41, 5.74) is 2.25. The molecule has 0 saturated carbocycles. The summed E-state index contributed by atoms with van der Waals surface area (Å²) in [5.74, 6) is -0.290. The van der Waals surface area contributed by atoms with Gasteiger partial charge in [0.25, 0.3) is 0 Å². The third-order valence-electron chi connectivity index (χ3n) is 3.98. The van der Waals surface area contributed by atoms with Crippen LogP contribution in [0.1, 0.15) is 0 Å². The highest BCUT2D eigenvalue weighted by Crippen LogP contribution is 2.23. The normalized spacial score (nSPS) is 17.1. The van der Waals surface area contributed by atoms with Gasteiger partial charge in [0.15, 0.2) is 0 Å². The van der Waals surface area contributed by atoms with E-state index in [4.69, 9.17) is 9.47 Å². The molecule has 132 valence electrons. The minimum atomic E-state index is -0.290. The van der Waals surface area contributed by atoms with Crippen LogP contribution in [0.25, 0.3) is 11.1 Å². The van der Waals surface area contributed by atoms with Crippen molar-refractivity contribution < 1.29 is 18.7 Å². The van der Waals surface area contributed by atoms with Gasteiger partial charge in [-0.15, -0.1) is 0 Å². The lowest BCUT2D eigenvalue weighted by Gasteiger charge is -2.27. The zero-order valence-corrected chi connectivity index (χ0v) is 14.1. The van der Waals surface area contributed by atoms with Crippen LogP contribution in [0.5, 0.6) is 0 Å². The second-order valence-electron chi connectivity index (χ2n) is 5.97. The standard InChI is InChI=1S/C19H21FN2O3/c1-22(12-18-13-24-8-9-25-18)19(23)21-17-7-3-5-15(11-17)14-4-2-6-16(20)10-14/h2-7,10-11,18H,8-9,12-13H2,1H3,(H,21,23). The average molecular weight is 344 g/mol. The second kappa shape index (κ2) is 8.09. The number of nitrogens with zero attached hydrogens (tertiary/aromatic N) is 1. The number of carbonyl (C=O) groups is 1. The maximum atomic E-state index is 13.4. The number of hydrogen-bond donors (Lipinski definition) is 1. The number of likely N-dealkylation sites (N-methyl/N-ethyl adjacent to an activating group) is 1. The van der Waals surface area contributed by atoms with E-state index in [-0.39, 0.29) is 18.0 Å². The molecule has 0 spiro atoms. The first-order chi connectivity index (χ1) is 12.1. The van der Waals surface area contributed by atoms with Gasteiger partial charge in [0, 0.05) is 12.7 Å². The Morgan fingerprint density at radius 2 is 1.96 bits per heavy atom. The second-order valence-corrected chi connectivity index (χ2v) is 5.97. The molecule has 2 aromatic carbocycles. The first kappa shape index (κ1) is 17.4. The van der Waals surface area contributed by atoms with Gasteiger partial charge in [-0.2, -0.15) is 0 Å². The minimum absolute atomic E-state index is 0.108. The van der Waals surface area contributed by atoms with E-state index < -0.39 is 0 Å².